The number of carboxylic acids is 1. The first-order valence-corrected chi connectivity index (χ1v) is 4.64. The van der Waals surface area contributed by atoms with E-state index in [0.717, 1.165) is 13.1 Å². The van der Waals surface area contributed by atoms with Crippen molar-refractivity contribution >= 4 is 5.97 Å². The Bertz CT molecular complexity index is 189. The van der Waals surface area contributed by atoms with E-state index in [-0.39, 0.29) is 6.54 Å². The van der Waals surface area contributed by atoms with Gasteiger partial charge >= 0.3 is 5.97 Å². The predicted octanol–water partition coefficient (Wildman–Crippen LogP) is 0.947. The number of rotatable bonds is 2. The summed E-state index contributed by atoms with van der Waals surface area (Å²) in [5.74, 6) is -0.693. The summed E-state index contributed by atoms with van der Waals surface area (Å²) in [6.45, 7) is 2.22. The van der Waals surface area contributed by atoms with Crippen LogP contribution in [-0.2, 0) is 4.79 Å². The molecular formula is C9H15NO2. The minimum Gasteiger partial charge on any atom is -0.480 e. The predicted molar refractivity (Wildman–Crippen MR) is 45.0 cm³/mol. The highest BCUT2D eigenvalue weighted by Gasteiger charge is 2.44. The smallest absolute Gasteiger partial charge is 0.317 e. The Morgan fingerprint density at radius 2 is 1.83 bits per heavy atom. The Morgan fingerprint density at radius 1 is 1.25 bits per heavy atom. The van der Waals surface area contributed by atoms with Gasteiger partial charge in [-0.25, -0.2) is 0 Å². The van der Waals surface area contributed by atoms with Crippen molar-refractivity contribution < 1.29 is 9.90 Å². The van der Waals surface area contributed by atoms with Gasteiger partial charge in [-0.1, -0.05) is 0 Å². The summed E-state index contributed by atoms with van der Waals surface area (Å²) < 4.78 is 0. The summed E-state index contributed by atoms with van der Waals surface area (Å²) in [6, 6.07) is 0. The van der Waals surface area contributed by atoms with E-state index in [1.165, 1.54) is 25.7 Å². The highest BCUT2D eigenvalue weighted by Crippen LogP contribution is 2.53. The SMILES string of the molecule is O=C(O)CN1CCC2(CC1)CC2. The van der Waals surface area contributed by atoms with Gasteiger partial charge in [-0.05, 0) is 44.2 Å². The maximum Gasteiger partial charge on any atom is 0.317 e. The molecule has 68 valence electrons. The molecule has 0 unspecified atom stereocenters. The van der Waals surface area contributed by atoms with Crippen LogP contribution in [0, 0.1) is 5.41 Å². The van der Waals surface area contributed by atoms with E-state index in [9.17, 15) is 4.79 Å². The molecule has 0 radical (unpaired) electrons. The molecule has 1 saturated carbocycles. The Morgan fingerprint density at radius 3 is 2.25 bits per heavy atom. The Hall–Kier alpha value is -0.570. The van der Waals surface area contributed by atoms with Crippen molar-refractivity contribution in [2.75, 3.05) is 19.6 Å². The van der Waals surface area contributed by atoms with Gasteiger partial charge in [-0.15, -0.1) is 0 Å². The minimum atomic E-state index is -0.693. The monoisotopic (exact) mass is 169 g/mol. The summed E-state index contributed by atoms with van der Waals surface area (Å²) >= 11 is 0. The second kappa shape index (κ2) is 2.73. The number of carboxylic acid groups (broad SMARTS) is 1. The number of hydrogen-bond acceptors (Lipinski definition) is 2. The van der Waals surface area contributed by atoms with Gasteiger partial charge in [-0.2, -0.15) is 0 Å². The molecule has 3 heteroatoms. The van der Waals surface area contributed by atoms with E-state index in [2.05, 4.69) is 0 Å². The molecule has 3 nitrogen and oxygen atoms in total. The molecule has 1 heterocycles. The fourth-order valence-electron chi connectivity index (χ4n) is 2.05. The zero-order valence-electron chi connectivity index (χ0n) is 7.25. The molecule has 0 amide bonds. The lowest BCUT2D eigenvalue weighted by atomic mass is 9.94. The summed E-state index contributed by atoms with van der Waals surface area (Å²) in [7, 11) is 0. The van der Waals surface area contributed by atoms with Crippen LogP contribution in [0.25, 0.3) is 0 Å². The fourth-order valence-corrected chi connectivity index (χ4v) is 2.05. The van der Waals surface area contributed by atoms with Gasteiger partial charge in [0.2, 0.25) is 0 Å². The average Bonchev–Trinajstić information content (AvgIpc) is 2.75. The molecule has 0 aromatic heterocycles. The molecule has 1 aliphatic heterocycles. The third-order valence-electron chi connectivity index (χ3n) is 3.23. The van der Waals surface area contributed by atoms with Gasteiger partial charge in [0.1, 0.15) is 0 Å². The maximum atomic E-state index is 10.4. The van der Waals surface area contributed by atoms with Crippen LogP contribution in [0.4, 0.5) is 0 Å². The standard InChI is InChI=1S/C9H15NO2/c11-8(12)7-10-5-3-9(1-2-9)4-6-10/h1-7H2,(H,11,12). The van der Waals surface area contributed by atoms with Crippen LogP contribution < -0.4 is 0 Å². The molecule has 0 bridgehead atoms. The van der Waals surface area contributed by atoms with Crippen molar-refractivity contribution in [3.05, 3.63) is 0 Å². The van der Waals surface area contributed by atoms with E-state index < -0.39 is 5.97 Å². The van der Waals surface area contributed by atoms with Crippen LogP contribution in [0.5, 0.6) is 0 Å². The van der Waals surface area contributed by atoms with Gasteiger partial charge in [-0.3, -0.25) is 9.69 Å². The van der Waals surface area contributed by atoms with Crippen LogP contribution >= 0.6 is 0 Å². The summed E-state index contributed by atoms with van der Waals surface area (Å²) in [6.07, 6.45) is 5.21. The van der Waals surface area contributed by atoms with Gasteiger partial charge in [0, 0.05) is 0 Å². The van der Waals surface area contributed by atoms with Crippen molar-refractivity contribution in [1.29, 1.82) is 0 Å². The first-order chi connectivity index (χ1) is 5.70. The zero-order valence-corrected chi connectivity index (χ0v) is 7.25. The number of aliphatic carboxylic acids is 1. The van der Waals surface area contributed by atoms with Crippen molar-refractivity contribution in [1.82, 2.24) is 4.90 Å². The van der Waals surface area contributed by atoms with Gasteiger partial charge in [0.25, 0.3) is 0 Å². The van der Waals surface area contributed by atoms with Crippen molar-refractivity contribution in [2.45, 2.75) is 25.7 Å². The second-order valence-electron chi connectivity index (χ2n) is 4.17. The zero-order chi connectivity index (χ0) is 8.60. The number of carbonyl (C=O) groups is 1. The lowest BCUT2D eigenvalue weighted by Crippen LogP contribution is -2.37. The van der Waals surface area contributed by atoms with E-state index in [0.29, 0.717) is 5.41 Å². The molecule has 0 aromatic carbocycles. The molecule has 0 atom stereocenters. The van der Waals surface area contributed by atoms with Crippen LogP contribution in [0.3, 0.4) is 0 Å². The van der Waals surface area contributed by atoms with Crippen molar-refractivity contribution in [2.24, 2.45) is 5.41 Å². The number of piperidine rings is 1. The van der Waals surface area contributed by atoms with Gasteiger partial charge < -0.3 is 5.11 Å². The fraction of sp³-hybridized carbons (Fsp3) is 0.889. The third kappa shape index (κ3) is 1.61. The molecule has 1 N–H and O–H groups in total. The first-order valence-electron chi connectivity index (χ1n) is 4.64. The molecule has 2 rings (SSSR count). The van der Waals surface area contributed by atoms with Crippen LogP contribution in [-0.4, -0.2) is 35.6 Å². The summed E-state index contributed by atoms with van der Waals surface area (Å²) in [5, 5.41) is 8.57. The Balaban J connectivity index is 1.78. The van der Waals surface area contributed by atoms with Crippen molar-refractivity contribution in [3.63, 3.8) is 0 Å². The third-order valence-corrected chi connectivity index (χ3v) is 3.23. The summed E-state index contributed by atoms with van der Waals surface area (Å²) in [5.41, 5.74) is 0.662. The average molecular weight is 169 g/mol. The Labute approximate surface area is 72.4 Å². The molecule has 1 aliphatic carbocycles. The first kappa shape index (κ1) is 8.05. The maximum absolute atomic E-state index is 10.4. The lowest BCUT2D eigenvalue weighted by molar-refractivity contribution is -0.138. The van der Waals surface area contributed by atoms with Gasteiger partial charge in [0.15, 0.2) is 0 Å². The van der Waals surface area contributed by atoms with E-state index >= 15 is 0 Å². The molecule has 12 heavy (non-hydrogen) atoms. The highest BCUT2D eigenvalue weighted by molar-refractivity contribution is 5.69. The van der Waals surface area contributed by atoms with E-state index in [1.807, 2.05) is 4.90 Å². The highest BCUT2D eigenvalue weighted by atomic mass is 16.4. The molecule has 2 aliphatic rings. The molecule has 2 fully saturated rings. The molecule has 1 saturated heterocycles. The molecule has 1 spiro atoms. The summed E-state index contributed by atoms with van der Waals surface area (Å²) in [4.78, 5) is 12.5. The number of hydrogen-bond donors (Lipinski definition) is 1. The van der Waals surface area contributed by atoms with Crippen LogP contribution in [0.2, 0.25) is 0 Å². The van der Waals surface area contributed by atoms with Crippen LogP contribution in [0.15, 0.2) is 0 Å². The number of nitrogens with zero attached hydrogens (tertiary/aromatic N) is 1. The quantitative estimate of drug-likeness (QED) is 0.669. The lowest BCUT2D eigenvalue weighted by Gasteiger charge is -2.30. The normalized spacial score (nSPS) is 27.3. The topological polar surface area (TPSA) is 40.5 Å². The largest absolute Gasteiger partial charge is 0.480 e. The molecule has 0 aromatic rings. The van der Waals surface area contributed by atoms with E-state index in [4.69, 9.17) is 5.11 Å². The molecular weight excluding hydrogens is 154 g/mol. The van der Waals surface area contributed by atoms with E-state index in [1.54, 1.807) is 0 Å². The van der Waals surface area contributed by atoms with Crippen LogP contribution in [0.1, 0.15) is 25.7 Å². The minimum absolute atomic E-state index is 0.232. The second-order valence-corrected chi connectivity index (χ2v) is 4.17. The van der Waals surface area contributed by atoms with Crippen molar-refractivity contribution in [3.8, 4) is 0 Å². The van der Waals surface area contributed by atoms with Gasteiger partial charge in [0.05, 0.1) is 6.54 Å². The number of likely N-dealkylation sites (tertiary alicyclic amines) is 1. The Kier molecular flexibility index (Phi) is 1.83.